The van der Waals surface area contributed by atoms with E-state index in [1.807, 2.05) is 37.8 Å². The summed E-state index contributed by atoms with van der Waals surface area (Å²) in [5, 5.41) is 5.56. The van der Waals surface area contributed by atoms with Crippen LogP contribution in [-0.2, 0) is 14.3 Å². The summed E-state index contributed by atoms with van der Waals surface area (Å²) >= 11 is 0. The van der Waals surface area contributed by atoms with Gasteiger partial charge in [0.15, 0.2) is 0 Å². The van der Waals surface area contributed by atoms with Gasteiger partial charge in [0.1, 0.15) is 5.82 Å². The van der Waals surface area contributed by atoms with Gasteiger partial charge in [-0.2, -0.15) is 0 Å². The molecule has 1 unspecified atom stereocenters. The third-order valence-electron chi connectivity index (χ3n) is 5.15. The SMILES string of the molecule is Cc1cc(C)c(NC(=O)CNC(=O)CN2CCOC(c3ccc(F)cc3)C2)c(C)c1. The van der Waals surface area contributed by atoms with Crippen molar-refractivity contribution in [1.29, 1.82) is 0 Å². The van der Waals surface area contributed by atoms with E-state index in [-0.39, 0.29) is 36.8 Å². The Labute approximate surface area is 176 Å². The summed E-state index contributed by atoms with van der Waals surface area (Å²) in [7, 11) is 0. The minimum atomic E-state index is -0.292. The fraction of sp³-hybridized carbons (Fsp3) is 0.391. The second-order valence-electron chi connectivity index (χ2n) is 7.74. The van der Waals surface area contributed by atoms with Crippen LogP contribution >= 0.6 is 0 Å². The van der Waals surface area contributed by atoms with E-state index in [4.69, 9.17) is 4.74 Å². The van der Waals surface area contributed by atoms with Crippen LogP contribution in [0.15, 0.2) is 36.4 Å². The summed E-state index contributed by atoms with van der Waals surface area (Å²) in [6, 6.07) is 10.2. The molecule has 1 saturated heterocycles. The summed E-state index contributed by atoms with van der Waals surface area (Å²) in [5.74, 6) is -0.771. The van der Waals surface area contributed by atoms with E-state index in [0.29, 0.717) is 19.7 Å². The molecule has 30 heavy (non-hydrogen) atoms. The van der Waals surface area contributed by atoms with E-state index < -0.39 is 0 Å². The Morgan fingerprint density at radius 2 is 1.77 bits per heavy atom. The molecule has 2 N–H and O–H groups in total. The van der Waals surface area contributed by atoms with Gasteiger partial charge in [0.2, 0.25) is 11.8 Å². The quantitative estimate of drug-likeness (QED) is 0.764. The van der Waals surface area contributed by atoms with E-state index in [1.165, 1.54) is 12.1 Å². The first-order valence-electron chi connectivity index (χ1n) is 10.1. The first-order chi connectivity index (χ1) is 14.3. The number of ether oxygens (including phenoxy) is 1. The molecule has 2 aromatic carbocycles. The highest BCUT2D eigenvalue weighted by Crippen LogP contribution is 2.23. The molecular formula is C23H28FN3O3. The highest BCUT2D eigenvalue weighted by Gasteiger charge is 2.23. The summed E-state index contributed by atoms with van der Waals surface area (Å²) in [5.41, 5.74) is 4.79. The zero-order valence-corrected chi connectivity index (χ0v) is 17.6. The van der Waals surface area contributed by atoms with Gasteiger partial charge in [0.25, 0.3) is 0 Å². The molecule has 3 rings (SSSR count). The van der Waals surface area contributed by atoms with Crippen LogP contribution in [0, 0.1) is 26.6 Å². The molecule has 2 aromatic rings. The number of carbonyl (C=O) groups excluding carboxylic acids is 2. The first kappa shape index (κ1) is 21.9. The largest absolute Gasteiger partial charge is 0.371 e. The highest BCUT2D eigenvalue weighted by atomic mass is 19.1. The van der Waals surface area contributed by atoms with Crippen molar-refractivity contribution in [1.82, 2.24) is 10.2 Å². The molecule has 1 aliphatic heterocycles. The van der Waals surface area contributed by atoms with Crippen molar-refractivity contribution in [2.75, 3.05) is 38.1 Å². The molecule has 1 aliphatic rings. The molecule has 160 valence electrons. The number of halogens is 1. The predicted octanol–water partition coefficient (Wildman–Crippen LogP) is 2.88. The maximum atomic E-state index is 13.1. The topological polar surface area (TPSA) is 70.7 Å². The average Bonchev–Trinajstić information content (AvgIpc) is 2.70. The van der Waals surface area contributed by atoms with Crippen LogP contribution in [0.5, 0.6) is 0 Å². The van der Waals surface area contributed by atoms with Gasteiger partial charge in [-0.05, 0) is 49.6 Å². The molecule has 1 fully saturated rings. The Kier molecular flexibility index (Phi) is 7.18. The van der Waals surface area contributed by atoms with Crippen molar-refractivity contribution in [3.8, 4) is 0 Å². The molecule has 0 spiro atoms. The van der Waals surface area contributed by atoms with Crippen LogP contribution in [0.25, 0.3) is 0 Å². The summed E-state index contributed by atoms with van der Waals surface area (Å²) < 4.78 is 18.9. The Bertz CT molecular complexity index is 891. The van der Waals surface area contributed by atoms with Crippen LogP contribution in [0.3, 0.4) is 0 Å². The Morgan fingerprint density at radius 3 is 2.43 bits per heavy atom. The van der Waals surface area contributed by atoms with Gasteiger partial charge in [0.05, 0.1) is 25.8 Å². The van der Waals surface area contributed by atoms with E-state index in [9.17, 15) is 14.0 Å². The Hall–Kier alpha value is -2.77. The minimum Gasteiger partial charge on any atom is -0.371 e. The molecule has 1 heterocycles. The Morgan fingerprint density at radius 1 is 1.10 bits per heavy atom. The minimum absolute atomic E-state index is 0.0860. The summed E-state index contributed by atoms with van der Waals surface area (Å²) in [6.07, 6.45) is -0.206. The summed E-state index contributed by atoms with van der Waals surface area (Å²) in [6.45, 7) is 7.65. The maximum Gasteiger partial charge on any atom is 0.243 e. The fourth-order valence-electron chi connectivity index (χ4n) is 3.72. The van der Waals surface area contributed by atoms with Crippen LogP contribution in [0.4, 0.5) is 10.1 Å². The molecule has 0 aromatic heterocycles. The lowest BCUT2D eigenvalue weighted by molar-refractivity contribution is -0.126. The van der Waals surface area contributed by atoms with Crippen molar-refractivity contribution >= 4 is 17.5 Å². The standard InChI is InChI=1S/C23H28FN3O3/c1-15-10-16(2)23(17(3)11-15)26-21(28)12-25-22(29)14-27-8-9-30-20(13-27)18-4-6-19(24)7-5-18/h4-7,10-11,20H,8-9,12-14H2,1-3H3,(H,25,29)(H,26,28). The number of rotatable bonds is 6. The number of hydrogen-bond acceptors (Lipinski definition) is 4. The van der Waals surface area contributed by atoms with Crippen LogP contribution in [0.2, 0.25) is 0 Å². The third kappa shape index (κ3) is 5.87. The number of morpholine rings is 1. The zero-order valence-electron chi connectivity index (χ0n) is 17.6. The number of anilines is 1. The van der Waals surface area contributed by atoms with Gasteiger partial charge in [-0.3, -0.25) is 14.5 Å². The number of nitrogens with one attached hydrogen (secondary N) is 2. The molecule has 1 atom stereocenters. The average molecular weight is 413 g/mol. The lowest BCUT2D eigenvalue weighted by Crippen LogP contribution is -2.45. The number of benzene rings is 2. The Balaban J connectivity index is 1.47. The second-order valence-corrected chi connectivity index (χ2v) is 7.74. The molecule has 0 radical (unpaired) electrons. The molecular weight excluding hydrogens is 385 g/mol. The van der Waals surface area contributed by atoms with E-state index in [1.54, 1.807) is 12.1 Å². The zero-order chi connectivity index (χ0) is 21.7. The number of aryl methyl sites for hydroxylation is 3. The number of amides is 2. The molecule has 6 nitrogen and oxygen atoms in total. The molecule has 0 aliphatic carbocycles. The smallest absolute Gasteiger partial charge is 0.243 e. The van der Waals surface area contributed by atoms with Crippen molar-refractivity contribution in [2.45, 2.75) is 26.9 Å². The van der Waals surface area contributed by atoms with Crippen molar-refractivity contribution < 1.29 is 18.7 Å². The van der Waals surface area contributed by atoms with Gasteiger partial charge in [-0.1, -0.05) is 29.8 Å². The van der Waals surface area contributed by atoms with E-state index in [2.05, 4.69) is 10.6 Å². The van der Waals surface area contributed by atoms with Crippen molar-refractivity contribution in [2.24, 2.45) is 0 Å². The van der Waals surface area contributed by atoms with Gasteiger partial charge >= 0.3 is 0 Å². The van der Waals surface area contributed by atoms with E-state index in [0.717, 1.165) is 27.9 Å². The predicted molar refractivity (Wildman–Crippen MR) is 114 cm³/mol. The monoisotopic (exact) mass is 413 g/mol. The maximum absolute atomic E-state index is 13.1. The first-order valence-corrected chi connectivity index (χ1v) is 10.1. The molecule has 0 saturated carbocycles. The third-order valence-corrected chi connectivity index (χ3v) is 5.15. The van der Waals surface area contributed by atoms with Crippen molar-refractivity contribution in [3.05, 3.63) is 64.5 Å². The number of hydrogen-bond donors (Lipinski definition) is 2. The highest BCUT2D eigenvalue weighted by molar-refractivity contribution is 5.96. The normalized spacial score (nSPS) is 16.9. The van der Waals surface area contributed by atoms with Gasteiger partial charge in [0, 0.05) is 18.8 Å². The molecule has 2 amide bonds. The fourth-order valence-corrected chi connectivity index (χ4v) is 3.72. The van der Waals surface area contributed by atoms with Gasteiger partial charge in [-0.25, -0.2) is 4.39 Å². The van der Waals surface area contributed by atoms with E-state index >= 15 is 0 Å². The number of nitrogens with zero attached hydrogens (tertiary/aromatic N) is 1. The molecule has 7 heteroatoms. The molecule has 0 bridgehead atoms. The van der Waals surface area contributed by atoms with Crippen LogP contribution in [-0.4, -0.2) is 49.5 Å². The lowest BCUT2D eigenvalue weighted by atomic mass is 10.1. The second kappa shape index (κ2) is 9.82. The number of carbonyl (C=O) groups is 2. The van der Waals surface area contributed by atoms with Gasteiger partial charge < -0.3 is 15.4 Å². The van der Waals surface area contributed by atoms with Crippen LogP contribution < -0.4 is 10.6 Å². The summed E-state index contributed by atoms with van der Waals surface area (Å²) in [4.78, 5) is 26.6. The van der Waals surface area contributed by atoms with Crippen molar-refractivity contribution in [3.63, 3.8) is 0 Å². The van der Waals surface area contributed by atoms with Gasteiger partial charge in [-0.15, -0.1) is 0 Å². The van der Waals surface area contributed by atoms with Crippen LogP contribution in [0.1, 0.15) is 28.4 Å². The lowest BCUT2D eigenvalue weighted by Gasteiger charge is -2.32.